The van der Waals surface area contributed by atoms with Crippen LogP contribution in [0.1, 0.15) is 62.3 Å². The van der Waals surface area contributed by atoms with Crippen LogP contribution in [-0.4, -0.2) is 67.7 Å². The first kappa shape index (κ1) is 28.1. The summed E-state index contributed by atoms with van der Waals surface area (Å²) < 4.78 is 43.3. The molecule has 9 heteroatoms. The molecule has 0 saturated carbocycles. The number of esters is 2. The van der Waals surface area contributed by atoms with Gasteiger partial charge in [-0.05, 0) is 41.9 Å². The van der Waals surface area contributed by atoms with Gasteiger partial charge in [0.25, 0.3) is 10.1 Å². The first-order chi connectivity index (χ1) is 12.8. The molecule has 0 radical (unpaired) electrons. The van der Waals surface area contributed by atoms with Crippen molar-refractivity contribution in [2.24, 2.45) is 23.7 Å². The molecule has 1 rings (SSSR count). The van der Waals surface area contributed by atoms with Crippen molar-refractivity contribution >= 4 is 51.6 Å². The van der Waals surface area contributed by atoms with Crippen LogP contribution in [0.2, 0.25) is 0 Å². The van der Waals surface area contributed by atoms with E-state index in [-0.39, 0.29) is 71.7 Å². The summed E-state index contributed by atoms with van der Waals surface area (Å²) >= 11 is 0. The fourth-order valence-corrected chi connectivity index (χ4v) is 2.70. The first-order valence-corrected chi connectivity index (χ1v) is 10.7. The molecule has 0 aliphatic heterocycles. The van der Waals surface area contributed by atoms with Gasteiger partial charge in [-0.3, -0.25) is 4.55 Å². The molecule has 29 heavy (non-hydrogen) atoms. The maximum absolute atomic E-state index is 12.3. The summed E-state index contributed by atoms with van der Waals surface area (Å²) in [5.74, 6) is -0.817. The Labute approximate surface area is 195 Å². The third kappa shape index (κ3) is 8.76. The van der Waals surface area contributed by atoms with Gasteiger partial charge in [-0.15, -0.1) is 0 Å². The Kier molecular flexibility index (Phi) is 11.7. The Balaban J connectivity index is 0.00000784. The molecule has 1 aromatic carbocycles. The molecule has 1 N–H and O–H groups in total. The minimum absolute atomic E-state index is 0. The molecule has 0 bridgehead atoms. The van der Waals surface area contributed by atoms with Crippen LogP contribution >= 0.6 is 0 Å². The second-order valence-corrected chi connectivity index (χ2v) is 9.22. The molecular weight excluding hydrogens is 407 g/mol. The fourth-order valence-electron chi connectivity index (χ4n) is 1.99. The maximum atomic E-state index is 12.3. The molecule has 0 aliphatic rings. The number of hydrogen-bond acceptors (Lipinski definition) is 6. The van der Waals surface area contributed by atoms with E-state index in [1.807, 2.05) is 41.5 Å². The molecule has 0 aliphatic carbocycles. The molecule has 7 nitrogen and oxygen atoms in total. The Hall–Kier alpha value is -0.930. The van der Waals surface area contributed by atoms with Crippen LogP contribution in [0, 0.1) is 23.7 Å². The Bertz CT molecular complexity index is 803. The molecule has 0 heterocycles. The predicted molar refractivity (Wildman–Crippen MR) is 112 cm³/mol. The summed E-state index contributed by atoms with van der Waals surface area (Å²) in [6.07, 6.45) is 0. The van der Waals surface area contributed by atoms with Crippen LogP contribution in [0.25, 0.3) is 0 Å². The van der Waals surface area contributed by atoms with Crippen LogP contribution in [-0.2, 0) is 19.6 Å². The van der Waals surface area contributed by atoms with Gasteiger partial charge in [-0.25, -0.2) is 9.59 Å². The van der Waals surface area contributed by atoms with E-state index in [9.17, 15) is 22.6 Å². The molecule has 1 aromatic rings. The minimum atomic E-state index is -4.74. The van der Waals surface area contributed by atoms with Crippen molar-refractivity contribution in [2.75, 3.05) is 13.2 Å². The van der Waals surface area contributed by atoms with Crippen LogP contribution in [0.5, 0.6) is 0 Å². The van der Waals surface area contributed by atoms with Gasteiger partial charge in [0.1, 0.15) is 4.90 Å². The molecule has 0 fully saturated rings. The number of hydrogen-bond donors (Lipinski definition) is 1. The van der Waals surface area contributed by atoms with Gasteiger partial charge in [0.05, 0.1) is 24.3 Å². The van der Waals surface area contributed by atoms with E-state index >= 15 is 0 Å². The number of ether oxygens (including phenoxy) is 2. The number of carbonyl (C=O) groups excluding carboxylic acids is 2. The quantitative estimate of drug-likeness (QED) is 0.358. The van der Waals surface area contributed by atoms with E-state index < -0.39 is 27.0 Å². The second-order valence-electron chi connectivity index (χ2n) is 7.83. The molecular formula is C20H31NaO7S. The van der Waals surface area contributed by atoms with Crippen molar-refractivity contribution < 1.29 is 32.0 Å². The van der Waals surface area contributed by atoms with Gasteiger partial charge in [0.2, 0.25) is 0 Å². The van der Waals surface area contributed by atoms with Crippen molar-refractivity contribution in [3.8, 4) is 0 Å². The van der Waals surface area contributed by atoms with Gasteiger partial charge in [0.15, 0.2) is 0 Å². The van der Waals surface area contributed by atoms with E-state index in [2.05, 4.69) is 0 Å². The summed E-state index contributed by atoms with van der Waals surface area (Å²) in [5, 5.41) is 0. The normalized spacial score (nSPS) is 13.6. The van der Waals surface area contributed by atoms with Gasteiger partial charge in [-0.2, -0.15) is 8.42 Å². The van der Waals surface area contributed by atoms with Crippen LogP contribution in [0.3, 0.4) is 0 Å². The number of benzene rings is 1. The summed E-state index contributed by atoms with van der Waals surface area (Å²) in [6, 6.07) is 3.35. The zero-order valence-electron chi connectivity index (χ0n) is 17.3. The Morgan fingerprint density at radius 1 is 0.897 bits per heavy atom. The zero-order valence-corrected chi connectivity index (χ0v) is 18.1. The van der Waals surface area contributed by atoms with Gasteiger partial charge >= 0.3 is 41.5 Å². The van der Waals surface area contributed by atoms with Gasteiger partial charge < -0.3 is 9.47 Å². The molecule has 0 aromatic heterocycles. The van der Waals surface area contributed by atoms with Crippen molar-refractivity contribution in [1.29, 1.82) is 0 Å². The average molecular weight is 439 g/mol. The standard InChI is InChI=1S/C20H30O7S.Na.H/c1-12(2)14(5)10-26-19(21)16-7-8-17(18(9-16)28(23,24)25)20(22)27-11-15(6)13(3)4;;/h7-9,12-15H,10-11H2,1-6H3,(H,23,24,25);;. The third-order valence-electron chi connectivity index (χ3n) is 4.95. The topological polar surface area (TPSA) is 107 Å². The van der Waals surface area contributed by atoms with Crippen molar-refractivity contribution in [2.45, 2.75) is 46.4 Å². The molecule has 0 saturated heterocycles. The summed E-state index contributed by atoms with van der Waals surface area (Å²) in [6.45, 7) is 12.1. The monoisotopic (exact) mass is 438 g/mol. The second kappa shape index (κ2) is 12.1. The van der Waals surface area contributed by atoms with E-state index in [1.54, 1.807) is 0 Å². The Morgan fingerprint density at radius 3 is 1.76 bits per heavy atom. The van der Waals surface area contributed by atoms with E-state index in [1.165, 1.54) is 6.07 Å². The molecule has 2 atom stereocenters. The summed E-state index contributed by atoms with van der Waals surface area (Å²) in [4.78, 5) is 23.8. The third-order valence-corrected chi connectivity index (χ3v) is 5.84. The summed E-state index contributed by atoms with van der Waals surface area (Å²) in [5.41, 5.74) is -0.402. The van der Waals surface area contributed by atoms with Gasteiger partial charge in [-0.1, -0.05) is 41.5 Å². The van der Waals surface area contributed by atoms with Gasteiger partial charge in [0, 0.05) is 0 Å². The molecule has 2 unspecified atom stereocenters. The summed E-state index contributed by atoms with van der Waals surface area (Å²) in [7, 11) is -4.74. The van der Waals surface area contributed by atoms with Crippen molar-refractivity contribution in [3.63, 3.8) is 0 Å². The first-order valence-electron chi connectivity index (χ1n) is 9.30. The van der Waals surface area contributed by atoms with E-state index in [0.717, 1.165) is 12.1 Å². The van der Waals surface area contributed by atoms with Crippen LogP contribution in [0.4, 0.5) is 0 Å². The molecule has 0 amide bonds. The number of rotatable bonds is 9. The molecule has 0 spiro atoms. The molecule has 160 valence electrons. The average Bonchev–Trinajstić information content (AvgIpc) is 2.61. The van der Waals surface area contributed by atoms with E-state index in [0.29, 0.717) is 5.92 Å². The van der Waals surface area contributed by atoms with Crippen molar-refractivity contribution in [1.82, 2.24) is 0 Å². The Morgan fingerprint density at radius 2 is 1.34 bits per heavy atom. The number of carbonyl (C=O) groups is 2. The van der Waals surface area contributed by atoms with E-state index in [4.69, 9.17) is 9.47 Å². The predicted octanol–water partition coefficient (Wildman–Crippen LogP) is 3.18. The SMILES string of the molecule is CC(C)C(C)COC(=O)c1ccc(C(=O)OCC(C)C(C)C)c(S(=O)(=O)O)c1.[NaH]. The zero-order chi connectivity index (χ0) is 21.6. The van der Waals surface area contributed by atoms with Crippen LogP contribution in [0.15, 0.2) is 23.1 Å². The fraction of sp³-hybridized carbons (Fsp3) is 0.600. The van der Waals surface area contributed by atoms with Crippen LogP contribution < -0.4 is 0 Å². The van der Waals surface area contributed by atoms with Crippen molar-refractivity contribution in [3.05, 3.63) is 29.3 Å².